The number of likely N-dealkylation sites (N-methyl/N-ethyl adjacent to an activating group) is 1. The lowest BCUT2D eigenvalue weighted by molar-refractivity contribution is 0.0638. The second-order valence-corrected chi connectivity index (χ2v) is 7.99. The Hall–Kier alpha value is -0.560. The Morgan fingerprint density at radius 1 is 1.20 bits per heavy atom. The number of rotatable bonds is 4. The molecule has 0 spiro atoms. The van der Waals surface area contributed by atoms with Crippen molar-refractivity contribution in [2.45, 2.75) is 47.6 Å². The fourth-order valence-electron chi connectivity index (χ4n) is 2.61. The maximum atomic E-state index is 12.6. The van der Waals surface area contributed by atoms with Crippen molar-refractivity contribution in [2.75, 3.05) is 13.3 Å². The zero-order valence-electron chi connectivity index (χ0n) is 11.8. The number of benzene rings is 1. The third-order valence-corrected chi connectivity index (χ3v) is 6.54. The largest absolute Gasteiger partial charge is 0.391 e. The van der Waals surface area contributed by atoms with Gasteiger partial charge in [-0.25, -0.2) is 8.42 Å². The van der Waals surface area contributed by atoms with Crippen LogP contribution in [-0.4, -0.2) is 43.3 Å². The molecule has 0 aliphatic heterocycles. The number of aliphatic hydroxyl groups is 1. The minimum atomic E-state index is -3.53. The summed E-state index contributed by atoms with van der Waals surface area (Å²) in [6.45, 7) is 0. The molecule has 1 aromatic carbocycles. The van der Waals surface area contributed by atoms with E-state index in [9.17, 15) is 13.5 Å². The van der Waals surface area contributed by atoms with Crippen LogP contribution >= 0.6 is 11.8 Å². The van der Waals surface area contributed by atoms with E-state index >= 15 is 0 Å². The van der Waals surface area contributed by atoms with Gasteiger partial charge in [-0.2, -0.15) is 4.31 Å². The molecule has 0 amide bonds. The van der Waals surface area contributed by atoms with E-state index in [2.05, 4.69) is 0 Å². The first kappa shape index (κ1) is 15.8. The molecule has 1 N–H and O–H groups in total. The Labute approximate surface area is 125 Å². The maximum Gasteiger partial charge on any atom is 0.243 e. The van der Waals surface area contributed by atoms with Crippen LogP contribution in [0.15, 0.2) is 34.1 Å². The topological polar surface area (TPSA) is 57.6 Å². The monoisotopic (exact) mass is 315 g/mol. The summed E-state index contributed by atoms with van der Waals surface area (Å²) in [6.07, 6.45) is 4.72. The van der Waals surface area contributed by atoms with Crippen LogP contribution in [0.4, 0.5) is 0 Å². The number of sulfonamides is 1. The van der Waals surface area contributed by atoms with E-state index in [1.54, 1.807) is 30.9 Å². The van der Waals surface area contributed by atoms with Crippen molar-refractivity contribution in [3.8, 4) is 0 Å². The predicted molar refractivity (Wildman–Crippen MR) is 81.4 cm³/mol. The highest BCUT2D eigenvalue weighted by Gasteiger charge is 2.34. The number of nitrogens with zero attached hydrogens (tertiary/aromatic N) is 1. The molecular formula is C14H21NO3S2. The van der Waals surface area contributed by atoms with Crippen molar-refractivity contribution in [1.82, 2.24) is 4.31 Å². The molecule has 0 radical (unpaired) electrons. The molecule has 20 heavy (non-hydrogen) atoms. The molecular weight excluding hydrogens is 294 g/mol. The number of thioether (sulfide) groups is 1. The van der Waals surface area contributed by atoms with Gasteiger partial charge in [-0.15, -0.1) is 11.8 Å². The van der Waals surface area contributed by atoms with Crippen LogP contribution in [0.1, 0.15) is 25.7 Å². The highest BCUT2D eigenvalue weighted by molar-refractivity contribution is 7.98. The second kappa shape index (κ2) is 6.47. The Balaban J connectivity index is 2.23. The third kappa shape index (κ3) is 3.19. The Bertz CT molecular complexity index is 542. The van der Waals surface area contributed by atoms with Crippen LogP contribution in [0.3, 0.4) is 0 Å². The first-order valence-corrected chi connectivity index (χ1v) is 9.43. The molecule has 0 aromatic heterocycles. The van der Waals surface area contributed by atoms with Gasteiger partial charge in [0.15, 0.2) is 0 Å². The number of hydrogen-bond donors (Lipinski definition) is 1. The maximum absolute atomic E-state index is 12.6. The molecule has 1 aliphatic rings. The lowest BCUT2D eigenvalue weighted by atomic mass is 9.93. The highest BCUT2D eigenvalue weighted by atomic mass is 32.2. The number of hydrogen-bond acceptors (Lipinski definition) is 4. The van der Waals surface area contributed by atoms with Crippen LogP contribution < -0.4 is 0 Å². The van der Waals surface area contributed by atoms with E-state index in [0.717, 1.165) is 24.2 Å². The summed E-state index contributed by atoms with van der Waals surface area (Å²) in [4.78, 5) is 1.32. The molecule has 4 nitrogen and oxygen atoms in total. The summed E-state index contributed by atoms with van der Waals surface area (Å²) in [7, 11) is -1.97. The Morgan fingerprint density at radius 2 is 1.80 bits per heavy atom. The minimum absolute atomic E-state index is 0.288. The summed E-state index contributed by atoms with van der Waals surface area (Å²) < 4.78 is 26.5. The summed E-state index contributed by atoms with van der Waals surface area (Å²) in [5.74, 6) is 0. The average molecular weight is 315 g/mol. The fraction of sp³-hybridized carbons (Fsp3) is 0.571. The van der Waals surface area contributed by atoms with Gasteiger partial charge in [-0.1, -0.05) is 12.8 Å². The summed E-state index contributed by atoms with van der Waals surface area (Å²) in [6, 6.07) is 6.57. The first-order valence-electron chi connectivity index (χ1n) is 6.77. The predicted octanol–water partition coefficient (Wildman–Crippen LogP) is 2.33. The van der Waals surface area contributed by atoms with Crippen LogP contribution in [0.25, 0.3) is 0 Å². The Kier molecular flexibility index (Phi) is 5.12. The highest BCUT2D eigenvalue weighted by Crippen LogP contribution is 2.27. The zero-order chi connectivity index (χ0) is 14.8. The number of aliphatic hydroxyl groups excluding tert-OH is 1. The molecule has 112 valence electrons. The minimum Gasteiger partial charge on any atom is -0.391 e. The molecule has 0 unspecified atom stereocenters. The van der Waals surface area contributed by atoms with Crippen molar-refractivity contribution in [2.24, 2.45) is 0 Å². The third-order valence-electron chi connectivity index (χ3n) is 3.90. The van der Waals surface area contributed by atoms with Crippen molar-refractivity contribution in [1.29, 1.82) is 0 Å². The van der Waals surface area contributed by atoms with Gasteiger partial charge in [0.2, 0.25) is 10.0 Å². The van der Waals surface area contributed by atoms with E-state index in [-0.39, 0.29) is 10.9 Å². The van der Waals surface area contributed by atoms with Crippen molar-refractivity contribution < 1.29 is 13.5 Å². The van der Waals surface area contributed by atoms with Crippen molar-refractivity contribution >= 4 is 21.8 Å². The normalized spacial score (nSPS) is 24.0. The quantitative estimate of drug-likeness (QED) is 0.867. The van der Waals surface area contributed by atoms with E-state index < -0.39 is 16.1 Å². The molecule has 2 atom stereocenters. The molecule has 1 saturated carbocycles. The Morgan fingerprint density at radius 3 is 2.35 bits per heavy atom. The summed E-state index contributed by atoms with van der Waals surface area (Å²) >= 11 is 1.58. The van der Waals surface area contributed by atoms with Crippen molar-refractivity contribution in [3.63, 3.8) is 0 Å². The molecule has 0 heterocycles. The average Bonchev–Trinajstić information content (AvgIpc) is 2.47. The van der Waals surface area contributed by atoms with Crippen LogP contribution in [-0.2, 0) is 10.0 Å². The van der Waals surface area contributed by atoms with Gasteiger partial charge in [0.1, 0.15) is 0 Å². The first-order chi connectivity index (χ1) is 9.46. The van der Waals surface area contributed by atoms with Gasteiger partial charge in [-0.3, -0.25) is 0 Å². The fourth-order valence-corrected chi connectivity index (χ4v) is 4.43. The molecule has 6 heteroatoms. The molecule has 0 saturated heterocycles. The summed E-state index contributed by atoms with van der Waals surface area (Å²) in [5.41, 5.74) is 0. The summed E-state index contributed by atoms with van der Waals surface area (Å²) in [5, 5.41) is 10.0. The SMILES string of the molecule is CSc1ccc(S(=O)(=O)N(C)[C@@H]2CCCC[C@@H]2O)cc1. The van der Waals surface area contributed by atoms with Gasteiger partial charge < -0.3 is 5.11 Å². The van der Waals surface area contributed by atoms with Crippen LogP contribution in [0, 0.1) is 0 Å². The van der Waals surface area contributed by atoms with Crippen LogP contribution in [0.5, 0.6) is 0 Å². The van der Waals surface area contributed by atoms with E-state index in [1.165, 1.54) is 4.31 Å². The standard InChI is InChI=1S/C14H21NO3S2/c1-15(13-5-3-4-6-14(13)16)20(17,18)12-9-7-11(19-2)8-10-12/h7-10,13-14,16H,3-6H2,1-2H3/t13-,14+/m1/s1. The van der Waals surface area contributed by atoms with E-state index in [1.807, 2.05) is 18.4 Å². The van der Waals surface area contributed by atoms with Crippen LogP contribution in [0.2, 0.25) is 0 Å². The van der Waals surface area contributed by atoms with Crippen molar-refractivity contribution in [3.05, 3.63) is 24.3 Å². The van der Waals surface area contributed by atoms with Gasteiger partial charge in [0, 0.05) is 11.9 Å². The zero-order valence-corrected chi connectivity index (χ0v) is 13.5. The van der Waals surface area contributed by atoms with Gasteiger partial charge >= 0.3 is 0 Å². The lowest BCUT2D eigenvalue weighted by Gasteiger charge is -2.34. The van der Waals surface area contributed by atoms with E-state index in [0.29, 0.717) is 6.42 Å². The molecule has 2 rings (SSSR count). The van der Waals surface area contributed by atoms with Gasteiger partial charge in [0.05, 0.1) is 17.0 Å². The molecule has 1 aromatic rings. The molecule has 1 fully saturated rings. The molecule has 0 bridgehead atoms. The van der Waals surface area contributed by atoms with Gasteiger partial charge in [0.25, 0.3) is 0 Å². The lowest BCUT2D eigenvalue weighted by Crippen LogP contribution is -2.46. The smallest absolute Gasteiger partial charge is 0.243 e. The van der Waals surface area contributed by atoms with E-state index in [4.69, 9.17) is 0 Å². The second-order valence-electron chi connectivity index (χ2n) is 5.12. The van der Waals surface area contributed by atoms with Gasteiger partial charge in [-0.05, 0) is 43.4 Å². The molecule has 1 aliphatic carbocycles.